The molecule has 0 radical (unpaired) electrons. The lowest BCUT2D eigenvalue weighted by atomic mass is 9.97. The van der Waals surface area contributed by atoms with Gasteiger partial charge in [0.2, 0.25) is 11.7 Å². The number of hydrogen-bond acceptors (Lipinski definition) is 4. The van der Waals surface area contributed by atoms with Gasteiger partial charge in [-0.15, -0.1) is 0 Å². The summed E-state index contributed by atoms with van der Waals surface area (Å²) in [6.45, 7) is 4.85. The molecule has 0 fully saturated rings. The van der Waals surface area contributed by atoms with E-state index in [-0.39, 0.29) is 5.92 Å². The molecule has 1 aromatic heterocycles. The van der Waals surface area contributed by atoms with Crippen LogP contribution in [-0.4, -0.2) is 16.7 Å². The second-order valence-corrected chi connectivity index (χ2v) is 5.94. The maximum atomic E-state index is 5.79. The van der Waals surface area contributed by atoms with E-state index in [0.29, 0.717) is 24.2 Å². The minimum Gasteiger partial charge on any atom is -0.339 e. The van der Waals surface area contributed by atoms with E-state index in [2.05, 4.69) is 39.9 Å². The number of rotatable bonds is 5. The largest absolute Gasteiger partial charge is 0.339 e. The molecule has 0 aliphatic rings. The summed E-state index contributed by atoms with van der Waals surface area (Å²) in [5.41, 5.74) is 6.72. The van der Waals surface area contributed by atoms with Crippen molar-refractivity contribution in [2.45, 2.75) is 26.2 Å². The zero-order chi connectivity index (χ0) is 13.8. The monoisotopic (exact) mass is 323 g/mol. The Morgan fingerprint density at radius 3 is 2.79 bits per heavy atom. The van der Waals surface area contributed by atoms with Crippen molar-refractivity contribution in [3.8, 4) is 11.4 Å². The Balaban J connectivity index is 2.23. The van der Waals surface area contributed by atoms with Crippen molar-refractivity contribution >= 4 is 15.9 Å². The Labute approximate surface area is 121 Å². The molecule has 1 aromatic carbocycles. The lowest BCUT2D eigenvalue weighted by molar-refractivity contribution is 0.335. The number of hydrogen-bond donors (Lipinski definition) is 1. The molecule has 0 spiro atoms. The van der Waals surface area contributed by atoms with Gasteiger partial charge in [-0.3, -0.25) is 0 Å². The first-order chi connectivity index (χ1) is 9.10. The van der Waals surface area contributed by atoms with Gasteiger partial charge in [0.15, 0.2) is 0 Å². The summed E-state index contributed by atoms with van der Waals surface area (Å²) in [7, 11) is 0. The first-order valence-corrected chi connectivity index (χ1v) is 7.19. The molecular weight excluding hydrogens is 306 g/mol. The molecule has 2 aromatic rings. The van der Waals surface area contributed by atoms with Crippen LogP contribution in [0.3, 0.4) is 0 Å². The molecule has 1 unspecified atom stereocenters. The van der Waals surface area contributed by atoms with Crippen LogP contribution in [0.25, 0.3) is 11.4 Å². The molecular formula is C14H18BrN3O. The second-order valence-electron chi connectivity index (χ2n) is 5.03. The van der Waals surface area contributed by atoms with Gasteiger partial charge in [-0.1, -0.05) is 47.1 Å². The maximum Gasteiger partial charge on any atom is 0.231 e. The van der Waals surface area contributed by atoms with E-state index in [1.54, 1.807) is 0 Å². The third-order valence-electron chi connectivity index (χ3n) is 2.91. The van der Waals surface area contributed by atoms with Crippen molar-refractivity contribution in [1.82, 2.24) is 10.1 Å². The molecule has 0 bridgehead atoms. The second kappa shape index (κ2) is 6.30. The van der Waals surface area contributed by atoms with Crippen LogP contribution in [0.15, 0.2) is 33.3 Å². The number of nitrogens with zero attached hydrogens (tertiary/aromatic N) is 2. The van der Waals surface area contributed by atoms with Crippen LogP contribution in [0, 0.1) is 5.92 Å². The van der Waals surface area contributed by atoms with E-state index in [9.17, 15) is 0 Å². The average Bonchev–Trinajstić information content (AvgIpc) is 2.85. The van der Waals surface area contributed by atoms with E-state index in [0.717, 1.165) is 16.5 Å². The van der Waals surface area contributed by atoms with Gasteiger partial charge in [0.1, 0.15) is 0 Å². The van der Waals surface area contributed by atoms with Gasteiger partial charge >= 0.3 is 0 Å². The predicted molar refractivity (Wildman–Crippen MR) is 78.7 cm³/mol. The van der Waals surface area contributed by atoms with E-state index in [4.69, 9.17) is 10.3 Å². The van der Waals surface area contributed by atoms with Crippen LogP contribution >= 0.6 is 15.9 Å². The summed E-state index contributed by atoms with van der Waals surface area (Å²) in [5, 5.41) is 4.04. The molecule has 2 rings (SSSR count). The summed E-state index contributed by atoms with van der Waals surface area (Å²) < 4.78 is 6.35. The molecule has 5 heteroatoms. The number of benzene rings is 1. The van der Waals surface area contributed by atoms with Gasteiger partial charge < -0.3 is 10.3 Å². The van der Waals surface area contributed by atoms with E-state index in [1.165, 1.54) is 0 Å². The molecule has 2 N–H and O–H groups in total. The molecule has 0 aliphatic heterocycles. The summed E-state index contributed by atoms with van der Waals surface area (Å²) in [5.74, 6) is 1.92. The number of nitrogens with two attached hydrogens (primary N) is 1. The van der Waals surface area contributed by atoms with Crippen molar-refractivity contribution < 1.29 is 4.52 Å². The fraction of sp³-hybridized carbons (Fsp3) is 0.429. The Morgan fingerprint density at radius 1 is 1.37 bits per heavy atom. The summed E-state index contributed by atoms with van der Waals surface area (Å²) in [6, 6.07) is 7.84. The zero-order valence-electron chi connectivity index (χ0n) is 11.1. The molecule has 0 aliphatic carbocycles. The Bertz CT molecular complexity index is 539. The number of halogens is 1. The molecule has 0 saturated carbocycles. The highest BCUT2D eigenvalue weighted by molar-refractivity contribution is 9.10. The Morgan fingerprint density at radius 2 is 2.16 bits per heavy atom. The van der Waals surface area contributed by atoms with Crippen LogP contribution in [-0.2, 0) is 0 Å². The number of aromatic nitrogens is 2. The lowest BCUT2D eigenvalue weighted by Gasteiger charge is -2.11. The molecule has 19 heavy (non-hydrogen) atoms. The molecule has 1 atom stereocenters. The minimum absolute atomic E-state index is 0.133. The van der Waals surface area contributed by atoms with Gasteiger partial charge in [0.25, 0.3) is 0 Å². The molecule has 0 amide bonds. The Kier molecular flexibility index (Phi) is 4.71. The van der Waals surface area contributed by atoms with Crippen molar-refractivity contribution in [2.75, 3.05) is 6.54 Å². The van der Waals surface area contributed by atoms with Crippen LogP contribution in [0.5, 0.6) is 0 Å². The zero-order valence-corrected chi connectivity index (χ0v) is 12.7. The van der Waals surface area contributed by atoms with Crippen LogP contribution in [0.2, 0.25) is 0 Å². The highest BCUT2D eigenvalue weighted by Crippen LogP contribution is 2.25. The average molecular weight is 324 g/mol. The van der Waals surface area contributed by atoms with Crippen molar-refractivity contribution in [2.24, 2.45) is 11.7 Å². The summed E-state index contributed by atoms with van der Waals surface area (Å²) in [4.78, 5) is 4.47. The highest BCUT2D eigenvalue weighted by Gasteiger charge is 2.19. The van der Waals surface area contributed by atoms with Gasteiger partial charge in [-0.2, -0.15) is 4.98 Å². The normalized spacial score (nSPS) is 12.9. The third-order valence-corrected chi connectivity index (χ3v) is 3.41. The van der Waals surface area contributed by atoms with Gasteiger partial charge in [-0.05, 0) is 24.5 Å². The quantitative estimate of drug-likeness (QED) is 0.913. The smallest absolute Gasteiger partial charge is 0.231 e. The fourth-order valence-corrected chi connectivity index (χ4v) is 2.41. The van der Waals surface area contributed by atoms with Gasteiger partial charge in [0.05, 0.1) is 5.92 Å². The standard InChI is InChI=1S/C14H18BrN3O/c1-9(2)6-11(8-16)14-17-13(18-19-14)10-4-3-5-12(15)7-10/h3-5,7,9,11H,6,8,16H2,1-2H3. The third kappa shape index (κ3) is 3.64. The van der Waals surface area contributed by atoms with Crippen molar-refractivity contribution in [1.29, 1.82) is 0 Å². The first-order valence-electron chi connectivity index (χ1n) is 6.39. The predicted octanol–water partition coefficient (Wildman–Crippen LogP) is 3.59. The van der Waals surface area contributed by atoms with E-state index >= 15 is 0 Å². The highest BCUT2D eigenvalue weighted by atomic mass is 79.9. The summed E-state index contributed by atoms with van der Waals surface area (Å²) in [6.07, 6.45) is 0.955. The molecule has 102 valence electrons. The SMILES string of the molecule is CC(C)CC(CN)c1nc(-c2cccc(Br)c2)no1. The topological polar surface area (TPSA) is 64.9 Å². The first kappa shape index (κ1) is 14.2. The molecule has 1 heterocycles. The van der Waals surface area contributed by atoms with Crippen molar-refractivity contribution in [3.63, 3.8) is 0 Å². The van der Waals surface area contributed by atoms with Crippen LogP contribution in [0.4, 0.5) is 0 Å². The minimum atomic E-state index is 0.133. The van der Waals surface area contributed by atoms with Crippen LogP contribution in [0.1, 0.15) is 32.1 Å². The summed E-state index contributed by atoms with van der Waals surface area (Å²) >= 11 is 3.44. The van der Waals surface area contributed by atoms with Gasteiger partial charge in [-0.25, -0.2) is 0 Å². The van der Waals surface area contributed by atoms with E-state index < -0.39 is 0 Å². The van der Waals surface area contributed by atoms with E-state index in [1.807, 2.05) is 24.3 Å². The fourth-order valence-electron chi connectivity index (χ4n) is 2.01. The lowest BCUT2D eigenvalue weighted by Crippen LogP contribution is -2.15. The van der Waals surface area contributed by atoms with Gasteiger partial charge in [0, 0.05) is 16.6 Å². The maximum absolute atomic E-state index is 5.79. The molecule has 0 saturated heterocycles. The van der Waals surface area contributed by atoms with Crippen LogP contribution < -0.4 is 5.73 Å². The Hall–Kier alpha value is -1.20. The molecule has 4 nitrogen and oxygen atoms in total. The van der Waals surface area contributed by atoms with Crippen molar-refractivity contribution in [3.05, 3.63) is 34.6 Å².